The van der Waals surface area contributed by atoms with Crippen LogP contribution in [0, 0.1) is 0 Å². The minimum Gasteiger partial charge on any atom is -0.475 e. The summed E-state index contributed by atoms with van der Waals surface area (Å²) in [6.45, 7) is 0.114. The SMILES string of the molecule is O=C(O)C(F)(F)F.O=C1C[C@@H](NC2CCS(=O)CC2)C(=O)NC[C@@H](Cc2ccccc2)NC(=O)[C@H](Cc2ccccc2)NC(=O)[C@H](Cc2c[nH]c3ccccc23)N1. The molecule has 2 aliphatic rings. The molecular weight excluding hydrogens is 766 g/mol. The van der Waals surface area contributed by atoms with Crippen LogP contribution in [0.4, 0.5) is 13.2 Å². The number of benzene rings is 3. The van der Waals surface area contributed by atoms with Crippen LogP contribution in [0.2, 0.25) is 0 Å². The van der Waals surface area contributed by atoms with Gasteiger partial charge in [0, 0.05) is 64.8 Å². The first-order chi connectivity index (χ1) is 27.2. The first kappa shape index (κ1) is 42.6. The van der Waals surface area contributed by atoms with Crippen molar-refractivity contribution in [3.8, 4) is 0 Å². The van der Waals surface area contributed by atoms with Gasteiger partial charge in [0.2, 0.25) is 23.6 Å². The van der Waals surface area contributed by atoms with Crippen LogP contribution < -0.4 is 26.6 Å². The molecule has 17 heteroatoms. The standard InChI is InChI=1S/C38H44N6O5S.C2HF3O2/c45-35-22-34(41-28-15-17-50(49)18-16-28)36(46)40-24-29(19-25-9-3-1-4-10-25)42-37(47)32(20-26-11-5-2-6-12-26)44-38(48)33(43-35)21-27-23-39-31-14-8-7-13-30(27)31;3-2(4,5)1(6)7/h1-14,23,28-29,32-34,39,41H,15-22,24H2,(H,40,46)(H,42,47)(H,43,45)(H,44,48);(H,6,7)/t28?,29-,32+,33+,34-,50?;/m1./s1. The maximum atomic E-state index is 14.2. The van der Waals surface area contributed by atoms with Crippen molar-refractivity contribution in [1.82, 2.24) is 31.6 Å². The zero-order valence-corrected chi connectivity index (χ0v) is 31.7. The third-order valence-electron chi connectivity index (χ3n) is 9.63. The number of aliphatic carboxylic acids is 1. The fourth-order valence-corrected chi connectivity index (χ4v) is 7.99. The molecule has 0 saturated carbocycles. The van der Waals surface area contributed by atoms with E-state index in [1.165, 1.54) is 0 Å². The van der Waals surface area contributed by atoms with E-state index in [4.69, 9.17) is 9.90 Å². The number of carboxylic acids is 1. The second-order valence-electron chi connectivity index (χ2n) is 13.9. The summed E-state index contributed by atoms with van der Waals surface area (Å²) < 4.78 is 43.8. The van der Waals surface area contributed by atoms with Crippen LogP contribution >= 0.6 is 0 Å². The van der Waals surface area contributed by atoms with Gasteiger partial charge < -0.3 is 36.7 Å². The minimum absolute atomic E-state index is 0.0842. The smallest absolute Gasteiger partial charge is 0.475 e. The van der Waals surface area contributed by atoms with E-state index < -0.39 is 64.8 Å². The number of amides is 4. The Labute approximate surface area is 329 Å². The number of carboxylic acid groups (broad SMARTS) is 1. The summed E-state index contributed by atoms with van der Waals surface area (Å²) in [5.41, 5.74) is 3.56. The van der Waals surface area contributed by atoms with Crippen molar-refractivity contribution in [3.63, 3.8) is 0 Å². The molecule has 2 fully saturated rings. The highest BCUT2D eigenvalue weighted by atomic mass is 32.2. The predicted molar refractivity (Wildman–Crippen MR) is 207 cm³/mol. The minimum atomic E-state index is -5.08. The number of aromatic nitrogens is 1. The van der Waals surface area contributed by atoms with Crippen LogP contribution in [-0.4, -0.2) is 98.3 Å². The Morgan fingerprint density at radius 2 is 1.32 bits per heavy atom. The highest BCUT2D eigenvalue weighted by Gasteiger charge is 2.38. The van der Waals surface area contributed by atoms with Gasteiger partial charge in [-0.1, -0.05) is 78.9 Å². The van der Waals surface area contributed by atoms with Crippen LogP contribution in [0.15, 0.2) is 91.1 Å². The lowest BCUT2D eigenvalue weighted by molar-refractivity contribution is -0.192. The Balaban J connectivity index is 0.000000811. The lowest BCUT2D eigenvalue weighted by Gasteiger charge is -2.30. The summed E-state index contributed by atoms with van der Waals surface area (Å²) in [7, 11) is -0.888. The lowest BCUT2D eigenvalue weighted by atomic mass is 10.00. The fourth-order valence-electron chi connectivity index (χ4n) is 6.69. The van der Waals surface area contributed by atoms with Crippen LogP contribution in [0.25, 0.3) is 10.9 Å². The molecule has 304 valence electrons. The van der Waals surface area contributed by atoms with E-state index in [2.05, 4.69) is 31.6 Å². The molecule has 6 rings (SSSR count). The normalized spacial score (nSPS) is 23.8. The van der Waals surface area contributed by atoms with Crippen LogP contribution in [0.5, 0.6) is 0 Å². The molecule has 1 aromatic heterocycles. The zero-order chi connectivity index (χ0) is 41.0. The molecule has 2 aliphatic heterocycles. The van der Waals surface area contributed by atoms with Gasteiger partial charge in [-0.3, -0.25) is 23.4 Å². The van der Waals surface area contributed by atoms with E-state index in [-0.39, 0.29) is 37.8 Å². The van der Waals surface area contributed by atoms with Crippen LogP contribution in [0.3, 0.4) is 0 Å². The predicted octanol–water partition coefficient (Wildman–Crippen LogP) is 2.67. The molecule has 0 unspecified atom stereocenters. The van der Waals surface area contributed by atoms with Crippen molar-refractivity contribution in [2.24, 2.45) is 0 Å². The average molecular weight is 811 g/mol. The number of H-pyrrole nitrogens is 1. The van der Waals surface area contributed by atoms with Gasteiger partial charge >= 0.3 is 12.1 Å². The Bertz CT molecular complexity index is 2020. The zero-order valence-electron chi connectivity index (χ0n) is 30.8. The molecule has 0 spiro atoms. The molecule has 13 nitrogen and oxygen atoms in total. The van der Waals surface area contributed by atoms with Gasteiger partial charge in [-0.2, -0.15) is 13.2 Å². The van der Waals surface area contributed by atoms with Gasteiger partial charge in [0.25, 0.3) is 0 Å². The number of halogens is 3. The lowest BCUT2D eigenvalue weighted by Crippen LogP contribution is -2.59. The van der Waals surface area contributed by atoms with Gasteiger partial charge in [-0.25, -0.2) is 4.79 Å². The van der Waals surface area contributed by atoms with Gasteiger partial charge in [0.15, 0.2) is 0 Å². The second kappa shape index (κ2) is 20.0. The summed E-state index contributed by atoms with van der Waals surface area (Å²) in [6.07, 6.45) is -1.38. The monoisotopic (exact) mass is 810 g/mol. The molecule has 4 aromatic rings. The summed E-state index contributed by atoms with van der Waals surface area (Å²) in [6, 6.07) is 23.4. The third-order valence-corrected chi connectivity index (χ3v) is 11.0. The van der Waals surface area contributed by atoms with Crippen molar-refractivity contribution < 1.29 is 46.5 Å². The first-order valence-corrected chi connectivity index (χ1v) is 20.0. The van der Waals surface area contributed by atoms with Crippen molar-refractivity contribution in [1.29, 1.82) is 0 Å². The molecule has 0 aliphatic carbocycles. The number of carbonyl (C=O) groups is 5. The van der Waals surface area contributed by atoms with Gasteiger partial charge in [0.1, 0.15) is 12.1 Å². The number of alkyl halides is 3. The highest BCUT2D eigenvalue weighted by molar-refractivity contribution is 7.85. The highest BCUT2D eigenvalue weighted by Crippen LogP contribution is 2.20. The van der Waals surface area contributed by atoms with Crippen molar-refractivity contribution in [2.45, 2.75) is 74.9 Å². The third kappa shape index (κ3) is 13.0. The van der Waals surface area contributed by atoms with Gasteiger partial charge in [-0.15, -0.1) is 0 Å². The molecule has 3 heterocycles. The number of nitrogens with one attached hydrogen (secondary N) is 6. The fraction of sp³-hybridized carbons (Fsp3) is 0.375. The van der Waals surface area contributed by atoms with E-state index in [1.807, 2.05) is 91.1 Å². The molecule has 0 radical (unpaired) electrons. The van der Waals surface area contributed by atoms with E-state index >= 15 is 0 Å². The van der Waals surface area contributed by atoms with Crippen LogP contribution in [0.1, 0.15) is 36.0 Å². The van der Waals surface area contributed by atoms with Crippen LogP contribution in [-0.2, 0) is 54.0 Å². The van der Waals surface area contributed by atoms with Gasteiger partial charge in [-0.05, 0) is 42.0 Å². The van der Waals surface area contributed by atoms with Crippen molar-refractivity contribution >= 4 is 51.3 Å². The number of hydrogen-bond donors (Lipinski definition) is 7. The first-order valence-electron chi connectivity index (χ1n) is 18.5. The number of hydrogen-bond acceptors (Lipinski definition) is 7. The number of para-hydroxylation sites is 1. The van der Waals surface area contributed by atoms with Crippen molar-refractivity contribution in [2.75, 3.05) is 18.1 Å². The summed E-state index contributed by atoms with van der Waals surface area (Å²) in [5, 5.41) is 23.3. The molecule has 4 amide bonds. The number of carbonyl (C=O) groups excluding carboxylic acids is 4. The Morgan fingerprint density at radius 3 is 1.95 bits per heavy atom. The summed E-state index contributed by atoms with van der Waals surface area (Å²) in [4.78, 5) is 67.9. The second-order valence-corrected chi connectivity index (χ2v) is 15.6. The Hall–Kier alpha value is -5.55. The van der Waals surface area contributed by atoms with E-state index in [9.17, 15) is 36.6 Å². The number of rotatable bonds is 8. The molecule has 7 N–H and O–H groups in total. The molecule has 2 saturated heterocycles. The largest absolute Gasteiger partial charge is 0.490 e. The van der Waals surface area contributed by atoms with E-state index in [0.29, 0.717) is 30.8 Å². The quantitative estimate of drug-likeness (QED) is 0.141. The average Bonchev–Trinajstić information content (AvgIpc) is 3.59. The Kier molecular flexibility index (Phi) is 15.0. The molecule has 3 aromatic carbocycles. The van der Waals surface area contributed by atoms with Crippen molar-refractivity contribution in [3.05, 3.63) is 108 Å². The van der Waals surface area contributed by atoms with E-state index in [1.54, 1.807) is 0 Å². The summed E-state index contributed by atoms with van der Waals surface area (Å²) in [5.74, 6) is -3.45. The van der Waals surface area contributed by atoms with E-state index in [0.717, 1.165) is 27.6 Å². The maximum Gasteiger partial charge on any atom is 0.490 e. The summed E-state index contributed by atoms with van der Waals surface area (Å²) >= 11 is 0. The maximum absolute atomic E-state index is 14.2. The molecule has 57 heavy (non-hydrogen) atoms. The van der Waals surface area contributed by atoms with Gasteiger partial charge in [0.05, 0.1) is 18.5 Å². The number of aromatic amines is 1. The molecular formula is C40H45F3N6O7S. The molecule has 0 bridgehead atoms. The Morgan fingerprint density at radius 1 is 0.754 bits per heavy atom. The topological polar surface area (TPSA) is 199 Å². The number of fused-ring (bicyclic) bond motifs is 1. The molecule has 4 atom stereocenters.